The zero-order valence-electron chi connectivity index (χ0n) is 18.9. The molecule has 0 aliphatic heterocycles. The molecule has 0 atom stereocenters. The van der Waals surface area contributed by atoms with Crippen molar-refractivity contribution in [2.75, 3.05) is 13.6 Å². The molecule has 1 saturated carbocycles. The topological polar surface area (TPSA) is 96.6 Å². The number of nitrogens with zero attached hydrogens (tertiary/aromatic N) is 4. The van der Waals surface area contributed by atoms with E-state index in [-0.39, 0.29) is 29.9 Å². The van der Waals surface area contributed by atoms with Crippen molar-refractivity contribution in [2.24, 2.45) is 0 Å². The molecule has 1 aromatic heterocycles. The molecule has 1 amide bonds. The third-order valence-electron chi connectivity index (χ3n) is 6.02. The Labute approximate surface area is 204 Å². The van der Waals surface area contributed by atoms with Crippen molar-refractivity contribution in [3.8, 4) is 11.4 Å². The smallest absolute Gasteiger partial charge is 0.246 e. The average molecular weight is 503 g/mol. The molecule has 10 heteroatoms. The van der Waals surface area contributed by atoms with Crippen LogP contribution in [0, 0.1) is 0 Å². The first-order valence-electron chi connectivity index (χ1n) is 11.2. The van der Waals surface area contributed by atoms with Gasteiger partial charge in [-0.2, -0.15) is 9.29 Å². The van der Waals surface area contributed by atoms with Crippen molar-refractivity contribution < 1.29 is 17.7 Å². The molecule has 0 unspecified atom stereocenters. The third kappa shape index (κ3) is 5.65. The number of hydrogen-bond donors (Lipinski definition) is 0. The summed E-state index contributed by atoms with van der Waals surface area (Å²) < 4.78 is 32.4. The van der Waals surface area contributed by atoms with Crippen molar-refractivity contribution in [1.29, 1.82) is 0 Å². The van der Waals surface area contributed by atoms with E-state index in [1.807, 2.05) is 30.3 Å². The number of amides is 1. The summed E-state index contributed by atoms with van der Waals surface area (Å²) in [6, 6.07) is 15.3. The number of carbonyl (C=O) groups is 1. The fourth-order valence-electron chi connectivity index (χ4n) is 4.14. The van der Waals surface area contributed by atoms with Gasteiger partial charge in [-0.05, 0) is 37.1 Å². The molecule has 1 heterocycles. The van der Waals surface area contributed by atoms with Gasteiger partial charge in [-0.3, -0.25) is 4.79 Å². The Morgan fingerprint density at radius 3 is 2.41 bits per heavy atom. The minimum atomic E-state index is -3.84. The third-order valence-corrected chi connectivity index (χ3v) is 8.09. The zero-order chi connectivity index (χ0) is 24.1. The molecule has 1 aliphatic carbocycles. The molecular formula is C24H27ClN4O4S. The number of likely N-dealkylation sites (N-methyl/N-ethyl adjacent to an activating group) is 1. The minimum absolute atomic E-state index is 0.0000359. The fourth-order valence-corrected chi connectivity index (χ4v) is 5.38. The second-order valence-electron chi connectivity index (χ2n) is 8.41. The quantitative estimate of drug-likeness (QED) is 0.453. The Morgan fingerprint density at radius 2 is 1.74 bits per heavy atom. The van der Waals surface area contributed by atoms with Crippen LogP contribution in [0.5, 0.6) is 0 Å². The van der Waals surface area contributed by atoms with Crippen LogP contribution in [0.4, 0.5) is 0 Å². The molecule has 4 rings (SSSR count). The first-order valence-corrected chi connectivity index (χ1v) is 13.1. The van der Waals surface area contributed by atoms with Crippen molar-refractivity contribution in [3.05, 3.63) is 65.5 Å². The van der Waals surface area contributed by atoms with E-state index in [1.54, 1.807) is 4.90 Å². The second-order valence-corrected chi connectivity index (χ2v) is 10.9. The van der Waals surface area contributed by atoms with E-state index in [1.165, 1.54) is 31.3 Å². The molecule has 0 saturated heterocycles. The molecule has 0 N–H and O–H groups in total. The Hall–Kier alpha value is -2.75. The summed E-state index contributed by atoms with van der Waals surface area (Å²) in [6.45, 7) is -0.153. The maximum Gasteiger partial charge on any atom is 0.246 e. The summed E-state index contributed by atoms with van der Waals surface area (Å²) in [6.07, 6.45) is 4.89. The predicted molar refractivity (Wildman–Crippen MR) is 128 cm³/mol. The van der Waals surface area contributed by atoms with Crippen LogP contribution in [0.25, 0.3) is 11.4 Å². The molecule has 180 valence electrons. The lowest BCUT2D eigenvalue weighted by atomic mass is 9.94. The summed E-state index contributed by atoms with van der Waals surface area (Å²) in [7, 11) is -2.44. The number of sulfonamides is 1. The molecule has 1 aliphatic rings. The van der Waals surface area contributed by atoms with E-state index in [0.717, 1.165) is 42.0 Å². The van der Waals surface area contributed by atoms with E-state index in [9.17, 15) is 13.2 Å². The number of halogens is 1. The number of benzene rings is 2. The summed E-state index contributed by atoms with van der Waals surface area (Å²) in [4.78, 5) is 19.6. The normalized spacial score (nSPS) is 14.9. The highest BCUT2D eigenvalue weighted by molar-refractivity contribution is 7.89. The van der Waals surface area contributed by atoms with Gasteiger partial charge < -0.3 is 9.42 Å². The van der Waals surface area contributed by atoms with E-state index in [0.29, 0.717) is 16.7 Å². The van der Waals surface area contributed by atoms with Crippen molar-refractivity contribution >= 4 is 27.5 Å². The lowest BCUT2D eigenvalue weighted by Gasteiger charge is -2.34. The van der Waals surface area contributed by atoms with E-state index in [4.69, 9.17) is 16.1 Å². The fraction of sp³-hybridized carbons (Fsp3) is 0.375. The van der Waals surface area contributed by atoms with Crippen molar-refractivity contribution in [2.45, 2.75) is 49.6 Å². The average Bonchev–Trinajstić information content (AvgIpc) is 3.32. The molecule has 2 aromatic carbocycles. The van der Waals surface area contributed by atoms with Gasteiger partial charge in [-0.1, -0.05) is 66.4 Å². The first kappa shape index (κ1) is 24.4. The Bertz CT molecular complexity index is 1210. The molecule has 0 bridgehead atoms. The molecule has 0 radical (unpaired) electrons. The Kier molecular flexibility index (Phi) is 7.65. The molecule has 3 aromatic rings. The molecule has 34 heavy (non-hydrogen) atoms. The zero-order valence-corrected chi connectivity index (χ0v) is 20.5. The van der Waals surface area contributed by atoms with Gasteiger partial charge in [0.25, 0.3) is 0 Å². The number of carbonyl (C=O) groups excluding carboxylic acids is 1. The van der Waals surface area contributed by atoms with Gasteiger partial charge in [-0.25, -0.2) is 8.42 Å². The van der Waals surface area contributed by atoms with Crippen LogP contribution in [0.15, 0.2) is 64.0 Å². The molecule has 8 nitrogen and oxygen atoms in total. The van der Waals surface area contributed by atoms with Crippen LogP contribution in [-0.2, 0) is 21.4 Å². The van der Waals surface area contributed by atoms with Gasteiger partial charge in [0.1, 0.15) is 6.54 Å². The maximum absolute atomic E-state index is 13.4. The van der Waals surface area contributed by atoms with Crippen LogP contribution >= 0.6 is 11.6 Å². The largest absolute Gasteiger partial charge is 0.337 e. The highest BCUT2D eigenvalue weighted by atomic mass is 35.5. The van der Waals surface area contributed by atoms with Crippen LogP contribution in [0.3, 0.4) is 0 Å². The lowest BCUT2D eigenvalue weighted by Crippen LogP contribution is -2.46. The summed E-state index contributed by atoms with van der Waals surface area (Å²) in [5.74, 6) is 0.474. The van der Waals surface area contributed by atoms with Crippen LogP contribution in [-0.4, -0.2) is 53.3 Å². The number of hydrogen-bond acceptors (Lipinski definition) is 6. The lowest BCUT2D eigenvalue weighted by molar-refractivity contribution is -0.135. The highest BCUT2D eigenvalue weighted by Gasteiger charge is 2.31. The van der Waals surface area contributed by atoms with Crippen molar-refractivity contribution in [3.63, 3.8) is 0 Å². The Balaban J connectivity index is 1.52. The molecule has 1 fully saturated rings. The van der Waals surface area contributed by atoms with E-state index in [2.05, 4.69) is 10.1 Å². The van der Waals surface area contributed by atoms with Gasteiger partial charge in [0, 0.05) is 23.7 Å². The summed E-state index contributed by atoms with van der Waals surface area (Å²) >= 11 is 5.88. The van der Waals surface area contributed by atoms with Gasteiger partial charge in [0.15, 0.2) is 0 Å². The van der Waals surface area contributed by atoms with Crippen LogP contribution < -0.4 is 0 Å². The number of aromatic nitrogens is 2. The Morgan fingerprint density at radius 1 is 1.06 bits per heavy atom. The van der Waals surface area contributed by atoms with Crippen LogP contribution in [0.2, 0.25) is 5.02 Å². The van der Waals surface area contributed by atoms with Gasteiger partial charge in [0.2, 0.25) is 27.6 Å². The first-order chi connectivity index (χ1) is 16.3. The van der Waals surface area contributed by atoms with E-state index < -0.39 is 10.0 Å². The summed E-state index contributed by atoms with van der Waals surface area (Å²) in [5.41, 5.74) is 0.821. The van der Waals surface area contributed by atoms with Gasteiger partial charge in [0.05, 0.1) is 11.4 Å². The number of rotatable bonds is 8. The molecular weight excluding hydrogens is 476 g/mol. The standard InChI is InChI=1S/C24H27ClN4O4S/c1-28(34(31,32)21-14-12-19(25)13-15-21)17-23(30)29(20-10-6-3-7-11-20)16-22-26-24(27-33-22)18-8-4-2-5-9-18/h2,4-5,8-9,12-15,20H,3,6-7,10-11,16-17H2,1H3. The van der Waals surface area contributed by atoms with Gasteiger partial charge in [-0.15, -0.1) is 0 Å². The summed E-state index contributed by atoms with van der Waals surface area (Å²) in [5, 5.41) is 4.49. The minimum Gasteiger partial charge on any atom is -0.337 e. The van der Waals surface area contributed by atoms with Crippen molar-refractivity contribution in [1.82, 2.24) is 19.3 Å². The second kappa shape index (κ2) is 10.7. The maximum atomic E-state index is 13.4. The monoisotopic (exact) mass is 502 g/mol. The van der Waals surface area contributed by atoms with E-state index >= 15 is 0 Å². The SMILES string of the molecule is CN(CC(=O)N(Cc1nc(-c2ccccc2)no1)C1CCCCC1)S(=O)(=O)c1ccc(Cl)cc1. The van der Waals surface area contributed by atoms with Gasteiger partial charge >= 0.3 is 0 Å². The highest BCUT2D eigenvalue weighted by Crippen LogP contribution is 2.25. The van der Waals surface area contributed by atoms with Crippen LogP contribution in [0.1, 0.15) is 38.0 Å². The predicted octanol–water partition coefficient (Wildman–Crippen LogP) is 4.37. The molecule has 0 spiro atoms.